The Balaban J connectivity index is 1.78. The van der Waals surface area contributed by atoms with Gasteiger partial charge in [0, 0.05) is 0 Å². The molecule has 22 heavy (non-hydrogen) atoms. The number of nitrogens with one attached hydrogen (secondary N) is 2. The summed E-state index contributed by atoms with van der Waals surface area (Å²) in [5.74, 6) is -0.788. The van der Waals surface area contributed by atoms with Crippen LogP contribution in [0.3, 0.4) is 0 Å². The van der Waals surface area contributed by atoms with Crippen molar-refractivity contribution in [2.75, 3.05) is 0 Å². The van der Waals surface area contributed by atoms with E-state index in [-0.39, 0.29) is 13.1 Å². The molecule has 2 atom stereocenters. The van der Waals surface area contributed by atoms with Gasteiger partial charge in [0.05, 0.1) is 25.6 Å². The second-order valence-corrected chi connectivity index (χ2v) is 4.48. The van der Waals surface area contributed by atoms with Gasteiger partial charge < -0.3 is 29.7 Å². The zero-order valence-electron chi connectivity index (χ0n) is 11.6. The molecule has 4 N–H and O–H groups in total. The van der Waals surface area contributed by atoms with Crippen molar-refractivity contribution in [2.24, 2.45) is 0 Å². The van der Waals surface area contributed by atoms with Gasteiger partial charge in [-0.2, -0.15) is 0 Å². The van der Waals surface area contributed by atoms with E-state index in [1.165, 1.54) is 12.5 Å². The first-order chi connectivity index (χ1) is 10.6. The van der Waals surface area contributed by atoms with Crippen molar-refractivity contribution in [3.8, 4) is 0 Å². The van der Waals surface area contributed by atoms with Gasteiger partial charge in [-0.25, -0.2) is 0 Å². The molecule has 0 aliphatic rings. The molecule has 0 saturated heterocycles. The molecule has 0 saturated carbocycles. The third kappa shape index (κ3) is 4.21. The lowest BCUT2D eigenvalue weighted by molar-refractivity contribution is -0.146. The smallest absolute Gasteiger partial charge is 0.252 e. The quantitative estimate of drug-likeness (QED) is 0.548. The van der Waals surface area contributed by atoms with Crippen molar-refractivity contribution < 1.29 is 28.6 Å². The highest BCUT2D eigenvalue weighted by atomic mass is 16.4. The Hall–Kier alpha value is -2.58. The molecule has 0 spiro atoms. The van der Waals surface area contributed by atoms with Gasteiger partial charge in [-0.1, -0.05) is 0 Å². The van der Waals surface area contributed by atoms with Crippen LogP contribution < -0.4 is 10.6 Å². The van der Waals surface area contributed by atoms with Crippen LogP contribution in [0.2, 0.25) is 0 Å². The van der Waals surface area contributed by atoms with E-state index in [1.807, 2.05) is 0 Å². The molecule has 8 nitrogen and oxygen atoms in total. The third-order valence-corrected chi connectivity index (χ3v) is 2.87. The summed E-state index contributed by atoms with van der Waals surface area (Å²) in [5, 5.41) is 24.0. The molecule has 0 radical (unpaired) electrons. The molecule has 2 rings (SSSR count). The summed E-state index contributed by atoms with van der Waals surface area (Å²) in [6, 6.07) is 6.57. The molecule has 0 aliphatic carbocycles. The topological polar surface area (TPSA) is 125 Å². The third-order valence-electron chi connectivity index (χ3n) is 2.87. The maximum absolute atomic E-state index is 11.7. The Labute approximate surface area is 125 Å². The lowest BCUT2D eigenvalue weighted by atomic mass is 10.1. The lowest BCUT2D eigenvalue weighted by Gasteiger charge is -2.16. The average molecular weight is 308 g/mol. The number of carbonyl (C=O) groups is 2. The molecule has 2 heterocycles. The zero-order chi connectivity index (χ0) is 15.9. The normalized spacial score (nSPS) is 13.4. The van der Waals surface area contributed by atoms with Gasteiger partial charge in [-0.05, 0) is 24.3 Å². The van der Waals surface area contributed by atoms with Gasteiger partial charge in [0.1, 0.15) is 11.5 Å². The van der Waals surface area contributed by atoms with E-state index >= 15 is 0 Å². The van der Waals surface area contributed by atoms with E-state index < -0.39 is 24.0 Å². The van der Waals surface area contributed by atoms with Gasteiger partial charge in [-0.3, -0.25) is 9.59 Å². The summed E-state index contributed by atoms with van der Waals surface area (Å²) >= 11 is 0. The first kappa shape index (κ1) is 15.8. The number of amides is 2. The number of aliphatic hydroxyl groups excluding tert-OH is 2. The van der Waals surface area contributed by atoms with E-state index in [2.05, 4.69) is 10.6 Å². The van der Waals surface area contributed by atoms with E-state index in [4.69, 9.17) is 8.83 Å². The first-order valence-corrected chi connectivity index (χ1v) is 6.54. The van der Waals surface area contributed by atoms with E-state index in [0.29, 0.717) is 11.5 Å². The first-order valence-electron chi connectivity index (χ1n) is 6.54. The fourth-order valence-electron chi connectivity index (χ4n) is 1.67. The maximum Gasteiger partial charge on any atom is 0.252 e. The predicted molar refractivity (Wildman–Crippen MR) is 73.1 cm³/mol. The minimum Gasteiger partial charge on any atom is -0.467 e. The van der Waals surface area contributed by atoms with Crippen LogP contribution >= 0.6 is 0 Å². The average Bonchev–Trinajstić information content (AvgIpc) is 3.21. The number of hydrogen-bond acceptors (Lipinski definition) is 6. The highest BCUT2D eigenvalue weighted by Crippen LogP contribution is 2.02. The largest absolute Gasteiger partial charge is 0.467 e. The molecular weight excluding hydrogens is 292 g/mol. The van der Waals surface area contributed by atoms with E-state index in [9.17, 15) is 19.8 Å². The maximum atomic E-state index is 11.7. The number of furan rings is 2. The Morgan fingerprint density at radius 2 is 1.32 bits per heavy atom. The summed E-state index contributed by atoms with van der Waals surface area (Å²) in [4.78, 5) is 23.3. The van der Waals surface area contributed by atoms with Gasteiger partial charge in [0.15, 0.2) is 12.2 Å². The van der Waals surface area contributed by atoms with Crippen LogP contribution in [-0.4, -0.2) is 34.2 Å². The minimum atomic E-state index is -1.88. The van der Waals surface area contributed by atoms with Crippen molar-refractivity contribution in [1.29, 1.82) is 0 Å². The summed E-state index contributed by atoms with van der Waals surface area (Å²) in [6.07, 6.45) is -0.887. The van der Waals surface area contributed by atoms with Crippen LogP contribution in [-0.2, 0) is 22.7 Å². The number of carbonyl (C=O) groups excluding carboxylic acids is 2. The summed E-state index contributed by atoms with van der Waals surface area (Å²) in [7, 11) is 0. The van der Waals surface area contributed by atoms with Crippen LogP contribution in [0.5, 0.6) is 0 Å². The number of rotatable bonds is 7. The van der Waals surface area contributed by atoms with Crippen molar-refractivity contribution in [1.82, 2.24) is 10.6 Å². The van der Waals surface area contributed by atoms with Crippen molar-refractivity contribution in [2.45, 2.75) is 25.3 Å². The molecule has 8 heteroatoms. The van der Waals surface area contributed by atoms with Crippen molar-refractivity contribution >= 4 is 11.8 Å². The molecule has 2 aromatic heterocycles. The van der Waals surface area contributed by atoms with E-state index in [0.717, 1.165) is 0 Å². The summed E-state index contributed by atoms with van der Waals surface area (Å²) in [5.41, 5.74) is 0. The Bertz CT molecular complexity index is 539. The number of aliphatic hydroxyl groups is 2. The van der Waals surface area contributed by atoms with Crippen LogP contribution in [0.4, 0.5) is 0 Å². The monoisotopic (exact) mass is 308 g/mol. The summed E-state index contributed by atoms with van der Waals surface area (Å²) in [6.45, 7) is 0.0905. The SMILES string of the molecule is O=C(NCc1ccco1)C(O)C(O)C(=O)NCc1ccco1. The summed E-state index contributed by atoms with van der Waals surface area (Å²) < 4.78 is 10.0. The molecule has 2 amide bonds. The fourth-order valence-corrected chi connectivity index (χ4v) is 1.67. The lowest BCUT2D eigenvalue weighted by Crippen LogP contribution is -2.49. The molecule has 0 aromatic carbocycles. The van der Waals surface area contributed by atoms with Crippen molar-refractivity contribution in [3.05, 3.63) is 48.3 Å². The molecule has 2 unspecified atom stereocenters. The van der Waals surface area contributed by atoms with Gasteiger partial charge in [0.2, 0.25) is 0 Å². The molecule has 0 fully saturated rings. The standard InChI is InChI=1S/C14H16N2O6/c17-11(13(19)15-7-9-3-1-5-21-9)12(18)14(20)16-8-10-4-2-6-22-10/h1-6,11-12,17-18H,7-8H2,(H,15,19)(H,16,20). The molecule has 2 aromatic rings. The van der Waals surface area contributed by atoms with Gasteiger partial charge in [0.25, 0.3) is 11.8 Å². The molecule has 118 valence electrons. The van der Waals surface area contributed by atoms with Crippen molar-refractivity contribution in [3.63, 3.8) is 0 Å². The Morgan fingerprint density at radius 3 is 1.64 bits per heavy atom. The fraction of sp³-hybridized carbons (Fsp3) is 0.286. The Kier molecular flexibility index (Phi) is 5.34. The minimum absolute atomic E-state index is 0.0453. The highest BCUT2D eigenvalue weighted by molar-refractivity contribution is 5.90. The highest BCUT2D eigenvalue weighted by Gasteiger charge is 2.30. The molecule has 0 aliphatic heterocycles. The van der Waals surface area contributed by atoms with E-state index in [1.54, 1.807) is 24.3 Å². The molecular formula is C14H16N2O6. The van der Waals surface area contributed by atoms with Crippen LogP contribution in [0.15, 0.2) is 45.6 Å². The van der Waals surface area contributed by atoms with Crippen LogP contribution in [0, 0.1) is 0 Å². The van der Waals surface area contributed by atoms with Gasteiger partial charge in [-0.15, -0.1) is 0 Å². The Morgan fingerprint density at radius 1 is 0.909 bits per heavy atom. The predicted octanol–water partition coefficient (Wildman–Crippen LogP) is -0.473. The van der Waals surface area contributed by atoms with Crippen LogP contribution in [0.1, 0.15) is 11.5 Å². The van der Waals surface area contributed by atoms with Gasteiger partial charge >= 0.3 is 0 Å². The van der Waals surface area contributed by atoms with Crippen LogP contribution in [0.25, 0.3) is 0 Å². The second-order valence-electron chi connectivity index (χ2n) is 4.48. The molecule has 0 bridgehead atoms. The zero-order valence-corrected chi connectivity index (χ0v) is 11.6. The number of hydrogen-bond donors (Lipinski definition) is 4. The second kappa shape index (κ2) is 7.43.